The zero-order chi connectivity index (χ0) is 11.7. The van der Waals surface area contributed by atoms with E-state index in [4.69, 9.17) is 9.47 Å². The Kier molecular flexibility index (Phi) is 2.78. The first-order valence-corrected chi connectivity index (χ1v) is 6.27. The average Bonchev–Trinajstić information content (AvgIpc) is 2.83. The van der Waals surface area contributed by atoms with Crippen molar-refractivity contribution in [3.05, 3.63) is 23.3 Å². The molecule has 3 rings (SSSR count). The van der Waals surface area contributed by atoms with Gasteiger partial charge in [0.15, 0.2) is 0 Å². The lowest BCUT2D eigenvalue weighted by Crippen LogP contribution is -2.03. The topological polar surface area (TPSA) is 44.2 Å². The van der Waals surface area contributed by atoms with E-state index in [0.717, 1.165) is 28.3 Å². The molecule has 0 fully saturated rings. The molecule has 3 heterocycles. The van der Waals surface area contributed by atoms with Crippen LogP contribution < -0.4 is 4.74 Å². The number of aromatic nitrogens is 2. The summed E-state index contributed by atoms with van der Waals surface area (Å²) in [6.45, 7) is 1.46. The number of hydrogen-bond donors (Lipinski definition) is 0. The van der Waals surface area contributed by atoms with Gasteiger partial charge in [-0.15, -0.1) is 11.3 Å². The van der Waals surface area contributed by atoms with Crippen LogP contribution >= 0.6 is 11.3 Å². The Bertz CT molecular complexity index is 577. The van der Waals surface area contributed by atoms with E-state index in [-0.39, 0.29) is 0 Å². The third kappa shape index (κ3) is 1.92. The maximum Gasteiger partial charge on any atom is 0.241 e. The number of rotatable bonds is 2. The molecule has 88 valence electrons. The van der Waals surface area contributed by atoms with Crippen LogP contribution in [0.5, 0.6) is 5.88 Å². The smallest absolute Gasteiger partial charge is 0.241 e. The van der Waals surface area contributed by atoms with Crippen LogP contribution in [0.2, 0.25) is 0 Å². The minimum atomic E-state index is 0.595. The van der Waals surface area contributed by atoms with Crippen molar-refractivity contribution in [3.8, 4) is 5.88 Å². The second-order valence-corrected chi connectivity index (χ2v) is 4.77. The highest BCUT2D eigenvalue weighted by molar-refractivity contribution is 7.19. The molecule has 2 aromatic heterocycles. The average molecular weight is 248 g/mol. The van der Waals surface area contributed by atoms with Crippen LogP contribution in [0.25, 0.3) is 15.8 Å². The van der Waals surface area contributed by atoms with E-state index in [2.05, 4.69) is 16.0 Å². The van der Waals surface area contributed by atoms with Gasteiger partial charge in [0, 0.05) is 6.20 Å². The zero-order valence-corrected chi connectivity index (χ0v) is 10.3. The first-order valence-electron chi connectivity index (χ1n) is 5.45. The molecule has 0 unspecified atom stereocenters. The third-order valence-corrected chi connectivity index (χ3v) is 3.80. The van der Waals surface area contributed by atoms with E-state index >= 15 is 0 Å². The van der Waals surface area contributed by atoms with Gasteiger partial charge in [0.1, 0.15) is 10.5 Å². The summed E-state index contributed by atoms with van der Waals surface area (Å²) in [4.78, 5) is 8.78. The molecule has 0 spiro atoms. The van der Waals surface area contributed by atoms with Crippen molar-refractivity contribution in [1.82, 2.24) is 9.97 Å². The molecular formula is C12H12N2O2S. The first kappa shape index (κ1) is 10.7. The fourth-order valence-electron chi connectivity index (χ4n) is 1.84. The zero-order valence-electron chi connectivity index (χ0n) is 9.47. The van der Waals surface area contributed by atoms with Gasteiger partial charge in [-0.1, -0.05) is 6.08 Å². The predicted octanol–water partition coefficient (Wildman–Crippen LogP) is 2.50. The minimum Gasteiger partial charge on any atom is -0.479 e. The molecule has 0 aromatic carbocycles. The van der Waals surface area contributed by atoms with Crippen LogP contribution in [0, 0.1) is 0 Å². The molecule has 0 radical (unpaired) electrons. The molecule has 0 saturated heterocycles. The minimum absolute atomic E-state index is 0.595. The summed E-state index contributed by atoms with van der Waals surface area (Å²) in [6, 6.07) is 1.97. The van der Waals surface area contributed by atoms with Gasteiger partial charge in [0.05, 0.1) is 25.0 Å². The highest BCUT2D eigenvalue weighted by Crippen LogP contribution is 2.32. The van der Waals surface area contributed by atoms with Crippen LogP contribution in [0.4, 0.5) is 0 Å². The third-order valence-electron chi connectivity index (χ3n) is 2.71. The Morgan fingerprint density at radius 3 is 3.18 bits per heavy atom. The van der Waals surface area contributed by atoms with Crippen molar-refractivity contribution < 1.29 is 9.47 Å². The van der Waals surface area contributed by atoms with Crippen LogP contribution in [0.1, 0.15) is 11.4 Å². The van der Waals surface area contributed by atoms with Gasteiger partial charge >= 0.3 is 0 Å². The summed E-state index contributed by atoms with van der Waals surface area (Å²) in [6.07, 6.45) is 4.78. The molecular weight excluding hydrogens is 236 g/mol. The molecule has 0 atom stereocenters. The van der Waals surface area contributed by atoms with Crippen molar-refractivity contribution in [2.75, 3.05) is 20.3 Å². The maximum atomic E-state index is 5.30. The van der Waals surface area contributed by atoms with Crippen molar-refractivity contribution in [1.29, 1.82) is 0 Å². The summed E-state index contributed by atoms with van der Waals surface area (Å²) in [5.41, 5.74) is 2.11. The highest BCUT2D eigenvalue weighted by Gasteiger charge is 2.14. The number of thiazole rings is 1. The van der Waals surface area contributed by atoms with Gasteiger partial charge in [-0.2, -0.15) is 0 Å². The van der Waals surface area contributed by atoms with Gasteiger partial charge in [-0.25, -0.2) is 9.97 Å². The fourth-order valence-corrected chi connectivity index (χ4v) is 2.86. The molecule has 5 heteroatoms. The van der Waals surface area contributed by atoms with Crippen molar-refractivity contribution in [3.63, 3.8) is 0 Å². The van der Waals surface area contributed by atoms with Gasteiger partial charge in [-0.05, 0) is 18.1 Å². The summed E-state index contributed by atoms with van der Waals surface area (Å²) in [5, 5.41) is 1.05. The van der Waals surface area contributed by atoms with Gasteiger partial charge < -0.3 is 9.47 Å². The Balaban J connectivity index is 2.10. The Hall–Kier alpha value is -1.46. The second kappa shape index (κ2) is 4.43. The molecule has 4 nitrogen and oxygen atoms in total. The lowest BCUT2D eigenvalue weighted by Gasteiger charge is -2.10. The number of ether oxygens (including phenoxy) is 2. The Morgan fingerprint density at radius 2 is 2.41 bits per heavy atom. The van der Waals surface area contributed by atoms with E-state index in [1.165, 1.54) is 5.57 Å². The Labute approximate surface area is 103 Å². The van der Waals surface area contributed by atoms with E-state index < -0.39 is 0 Å². The Morgan fingerprint density at radius 1 is 1.47 bits per heavy atom. The van der Waals surface area contributed by atoms with Crippen molar-refractivity contribution >= 4 is 27.1 Å². The standard InChI is InChI=1S/C12H12N2O2S/c1-15-11-10-9(2-5-13-11)17-12(14-10)8-3-6-16-7-4-8/h2-3,5H,4,6-7H2,1H3. The molecule has 1 aliphatic heterocycles. The van der Waals surface area contributed by atoms with Gasteiger partial charge in [0.2, 0.25) is 5.88 Å². The molecule has 0 saturated carbocycles. The van der Waals surface area contributed by atoms with E-state index in [1.807, 2.05) is 6.07 Å². The number of fused-ring (bicyclic) bond motifs is 1. The summed E-state index contributed by atoms with van der Waals surface area (Å²) < 4.78 is 11.6. The van der Waals surface area contributed by atoms with Crippen LogP contribution in [0.3, 0.4) is 0 Å². The number of pyridine rings is 1. The molecule has 1 aliphatic rings. The predicted molar refractivity (Wildman–Crippen MR) is 67.4 cm³/mol. The van der Waals surface area contributed by atoms with Crippen molar-refractivity contribution in [2.24, 2.45) is 0 Å². The van der Waals surface area contributed by atoms with E-state index in [9.17, 15) is 0 Å². The van der Waals surface area contributed by atoms with Crippen LogP contribution in [0.15, 0.2) is 18.3 Å². The summed E-state index contributed by atoms with van der Waals surface area (Å²) >= 11 is 1.68. The number of methoxy groups -OCH3 is 1. The molecule has 2 aromatic rings. The van der Waals surface area contributed by atoms with Gasteiger partial charge in [0.25, 0.3) is 0 Å². The van der Waals surface area contributed by atoms with Crippen LogP contribution in [-0.2, 0) is 4.74 Å². The summed E-state index contributed by atoms with van der Waals surface area (Å²) in [5.74, 6) is 0.595. The second-order valence-electron chi connectivity index (χ2n) is 3.74. The lowest BCUT2D eigenvalue weighted by molar-refractivity contribution is 0.161. The SMILES string of the molecule is COc1nccc2sc(C3=CCOCC3)nc12. The van der Waals surface area contributed by atoms with Crippen LogP contribution in [-0.4, -0.2) is 30.3 Å². The molecule has 0 bridgehead atoms. The fraction of sp³-hybridized carbons (Fsp3) is 0.333. The molecule has 0 N–H and O–H groups in total. The highest BCUT2D eigenvalue weighted by atomic mass is 32.1. The quantitative estimate of drug-likeness (QED) is 0.819. The molecule has 0 aliphatic carbocycles. The lowest BCUT2D eigenvalue weighted by atomic mass is 10.2. The number of hydrogen-bond acceptors (Lipinski definition) is 5. The van der Waals surface area contributed by atoms with Crippen molar-refractivity contribution in [2.45, 2.75) is 6.42 Å². The normalized spacial score (nSPS) is 15.9. The van der Waals surface area contributed by atoms with E-state index in [0.29, 0.717) is 12.5 Å². The largest absolute Gasteiger partial charge is 0.479 e. The first-order chi connectivity index (χ1) is 8.38. The maximum absolute atomic E-state index is 5.30. The van der Waals surface area contributed by atoms with E-state index in [1.54, 1.807) is 24.6 Å². The van der Waals surface area contributed by atoms with Gasteiger partial charge in [-0.3, -0.25) is 0 Å². The monoisotopic (exact) mass is 248 g/mol. The molecule has 17 heavy (non-hydrogen) atoms. The summed E-state index contributed by atoms with van der Waals surface area (Å²) in [7, 11) is 1.62. The molecule has 0 amide bonds. The number of nitrogens with zero attached hydrogens (tertiary/aromatic N) is 2.